The van der Waals surface area contributed by atoms with Gasteiger partial charge in [-0.25, -0.2) is 4.98 Å². The van der Waals surface area contributed by atoms with Gasteiger partial charge in [-0.2, -0.15) is 0 Å². The zero-order valence-electron chi connectivity index (χ0n) is 18.5. The van der Waals surface area contributed by atoms with E-state index >= 15 is 0 Å². The zero-order valence-corrected chi connectivity index (χ0v) is 18.5. The van der Waals surface area contributed by atoms with E-state index < -0.39 is 0 Å². The van der Waals surface area contributed by atoms with Gasteiger partial charge in [0, 0.05) is 13.0 Å². The van der Waals surface area contributed by atoms with E-state index in [1.165, 1.54) is 11.1 Å². The van der Waals surface area contributed by atoms with Crippen molar-refractivity contribution in [2.75, 3.05) is 6.61 Å². The molecule has 0 aliphatic rings. The van der Waals surface area contributed by atoms with Crippen molar-refractivity contribution in [2.24, 2.45) is 0 Å². The molecule has 5 heteroatoms. The Bertz CT molecular complexity index is 1170. The molecule has 0 bridgehead atoms. The van der Waals surface area contributed by atoms with Gasteiger partial charge in [-0.05, 0) is 55.2 Å². The van der Waals surface area contributed by atoms with Crippen LogP contribution in [0.15, 0.2) is 78.9 Å². The molecule has 1 heterocycles. The van der Waals surface area contributed by atoms with Crippen LogP contribution in [-0.2, 0) is 24.3 Å². The second-order valence-electron chi connectivity index (χ2n) is 7.95. The Morgan fingerprint density at radius 1 is 1.00 bits per heavy atom. The van der Waals surface area contributed by atoms with Crippen LogP contribution >= 0.6 is 0 Å². The van der Waals surface area contributed by atoms with Gasteiger partial charge in [0.15, 0.2) is 0 Å². The number of carbonyl (C=O) groups is 1. The Balaban J connectivity index is 1.35. The number of aromatic nitrogens is 2. The summed E-state index contributed by atoms with van der Waals surface area (Å²) in [6.45, 7) is 3.88. The summed E-state index contributed by atoms with van der Waals surface area (Å²) in [6.07, 6.45) is 2.05. The molecule has 1 amide bonds. The van der Waals surface area contributed by atoms with Crippen LogP contribution in [0.3, 0.4) is 0 Å². The molecule has 5 nitrogen and oxygen atoms in total. The molecule has 4 aromatic rings. The van der Waals surface area contributed by atoms with E-state index in [1.807, 2.05) is 66.7 Å². The summed E-state index contributed by atoms with van der Waals surface area (Å²) >= 11 is 0. The molecule has 0 fully saturated rings. The summed E-state index contributed by atoms with van der Waals surface area (Å²) in [5, 5.41) is 3.04. The highest BCUT2D eigenvalue weighted by Crippen LogP contribution is 2.17. The summed E-state index contributed by atoms with van der Waals surface area (Å²) in [7, 11) is 0. The average molecular weight is 428 g/mol. The molecule has 3 aromatic carbocycles. The minimum absolute atomic E-state index is 0.0373. The first kappa shape index (κ1) is 21.6. The molecule has 1 N–H and O–H groups in total. The van der Waals surface area contributed by atoms with Crippen LogP contribution in [-0.4, -0.2) is 22.1 Å². The van der Waals surface area contributed by atoms with Crippen molar-refractivity contribution in [1.82, 2.24) is 14.9 Å². The van der Waals surface area contributed by atoms with E-state index in [4.69, 9.17) is 9.72 Å². The number of imidazole rings is 1. The molecule has 0 saturated heterocycles. The summed E-state index contributed by atoms with van der Waals surface area (Å²) in [4.78, 5) is 17.2. The standard InChI is InChI=1S/C27H29N3O2/c1-21-9-7-12-23(19-21)32-18-8-17-30-25-14-6-5-13-24(25)29-26(30)20-28-27(31)16-15-22-10-3-2-4-11-22/h2-7,9-14,19H,8,15-18,20H2,1H3,(H,28,31). The maximum atomic E-state index is 12.4. The maximum absolute atomic E-state index is 12.4. The Morgan fingerprint density at radius 2 is 1.81 bits per heavy atom. The molecule has 0 atom stereocenters. The number of ether oxygens (including phenoxy) is 1. The monoisotopic (exact) mass is 427 g/mol. The fourth-order valence-corrected chi connectivity index (χ4v) is 3.80. The minimum atomic E-state index is 0.0373. The number of aryl methyl sites for hydroxylation is 3. The van der Waals surface area contributed by atoms with Gasteiger partial charge in [0.2, 0.25) is 5.91 Å². The van der Waals surface area contributed by atoms with E-state index in [0.29, 0.717) is 19.6 Å². The van der Waals surface area contributed by atoms with E-state index in [1.54, 1.807) is 0 Å². The molecule has 4 rings (SSSR count). The first-order chi connectivity index (χ1) is 15.7. The molecular formula is C27H29N3O2. The number of hydrogen-bond donors (Lipinski definition) is 1. The fourth-order valence-electron chi connectivity index (χ4n) is 3.80. The number of rotatable bonds is 10. The number of hydrogen-bond acceptors (Lipinski definition) is 3. The van der Waals surface area contributed by atoms with Crippen molar-refractivity contribution in [3.8, 4) is 5.75 Å². The lowest BCUT2D eigenvalue weighted by Gasteiger charge is -2.11. The molecule has 0 aliphatic carbocycles. The third-order valence-corrected chi connectivity index (χ3v) is 5.45. The Kier molecular flexibility index (Phi) is 7.18. The number of amides is 1. The van der Waals surface area contributed by atoms with Crippen LogP contribution in [0.5, 0.6) is 5.75 Å². The predicted molar refractivity (Wildman–Crippen MR) is 128 cm³/mol. The van der Waals surface area contributed by atoms with Crippen molar-refractivity contribution >= 4 is 16.9 Å². The van der Waals surface area contributed by atoms with Gasteiger partial charge in [-0.1, -0.05) is 54.6 Å². The van der Waals surface area contributed by atoms with Crippen molar-refractivity contribution in [2.45, 2.75) is 39.3 Å². The molecule has 164 valence electrons. The lowest BCUT2D eigenvalue weighted by molar-refractivity contribution is -0.121. The van der Waals surface area contributed by atoms with Gasteiger partial charge >= 0.3 is 0 Å². The number of para-hydroxylation sites is 2. The molecule has 32 heavy (non-hydrogen) atoms. The third-order valence-electron chi connectivity index (χ3n) is 5.45. The van der Waals surface area contributed by atoms with Gasteiger partial charge in [0.25, 0.3) is 0 Å². The molecular weight excluding hydrogens is 398 g/mol. The second-order valence-corrected chi connectivity index (χ2v) is 7.95. The smallest absolute Gasteiger partial charge is 0.220 e. The van der Waals surface area contributed by atoms with Gasteiger partial charge < -0.3 is 14.6 Å². The lowest BCUT2D eigenvalue weighted by atomic mass is 10.1. The zero-order chi connectivity index (χ0) is 22.2. The molecule has 0 radical (unpaired) electrons. The minimum Gasteiger partial charge on any atom is -0.494 e. The quantitative estimate of drug-likeness (QED) is 0.360. The predicted octanol–water partition coefficient (Wildman–Crippen LogP) is 5.06. The Labute approximate surface area is 189 Å². The first-order valence-electron chi connectivity index (χ1n) is 11.1. The topological polar surface area (TPSA) is 56.1 Å². The van der Waals surface area contributed by atoms with Gasteiger partial charge in [-0.15, -0.1) is 0 Å². The summed E-state index contributed by atoms with van der Waals surface area (Å²) < 4.78 is 8.09. The van der Waals surface area contributed by atoms with Gasteiger partial charge in [0.05, 0.1) is 24.2 Å². The second kappa shape index (κ2) is 10.6. The summed E-state index contributed by atoms with van der Waals surface area (Å²) in [5.74, 6) is 1.80. The van der Waals surface area contributed by atoms with Crippen molar-refractivity contribution in [1.29, 1.82) is 0 Å². The summed E-state index contributed by atoms with van der Waals surface area (Å²) in [5.41, 5.74) is 4.38. The van der Waals surface area contributed by atoms with Gasteiger partial charge in [-0.3, -0.25) is 4.79 Å². The molecule has 1 aromatic heterocycles. The number of nitrogens with one attached hydrogen (secondary N) is 1. The lowest BCUT2D eigenvalue weighted by Crippen LogP contribution is -2.25. The van der Waals surface area contributed by atoms with Crippen molar-refractivity contribution in [3.63, 3.8) is 0 Å². The molecule has 0 unspecified atom stereocenters. The van der Waals surface area contributed by atoms with Crippen LogP contribution in [0.4, 0.5) is 0 Å². The van der Waals surface area contributed by atoms with Crippen LogP contribution in [0.1, 0.15) is 29.8 Å². The van der Waals surface area contributed by atoms with Crippen molar-refractivity contribution in [3.05, 3.63) is 95.8 Å². The van der Waals surface area contributed by atoms with Crippen LogP contribution in [0, 0.1) is 6.92 Å². The van der Waals surface area contributed by atoms with Gasteiger partial charge in [0.1, 0.15) is 11.6 Å². The highest BCUT2D eigenvalue weighted by molar-refractivity contribution is 5.77. The number of nitrogens with zero attached hydrogens (tertiary/aromatic N) is 2. The highest BCUT2D eigenvalue weighted by atomic mass is 16.5. The highest BCUT2D eigenvalue weighted by Gasteiger charge is 2.12. The van der Waals surface area contributed by atoms with Crippen LogP contribution in [0.25, 0.3) is 11.0 Å². The summed E-state index contributed by atoms with van der Waals surface area (Å²) in [6, 6.07) is 26.3. The van der Waals surface area contributed by atoms with E-state index in [9.17, 15) is 4.79 Å². The largest absolute Gasteiger partial charge is 0.494 e. The molecule has 0 aliphatic heterocycles. The van der Waals surface area contributed by atoms with E-state index in [-0.39, 0.29) is 5.91 Å². The van der Waals surface area contributed by atoms with E-state index in [2.05, 4.69) is 28.9 Å². The number of fused-ring (bicyclic) bond motifs is 1. The molecule has 0 saturated carbocycles. The number of carbonyl (C=O) groups excluding carboxylic acids is 1. The maximum Gasteiger partial charge on any atom is 0.220 e. The fraction of sp³-hybridized carbons (Fsp3) is 0.259. The Morgan fingerprint density at radius 3 is 2.66 bits per heavy atom. The normalized spacial score (nSPS) is 10.9. The first-order valence-corrected chi connectivity index (χ1v) is 11.1. The van der Waals surface area contributed by atoms with E-state index in [0.717, 1.165) is 42.0 Å². The molecule has 0 spiro atoms. The van der Waals surface area contributed by atoms with Crippen LogP contribution < -0.4 is 10.1 Å². The Hall–Kier alpha value is -3.60. The average Bonchev–Trinajstić information content (AvgIpc) is 3.17. The number of benzene rings is 3. The van der Waals surface area contributed by atoms with Crippen molar-refractivity contribution < 1.29 is 9.53 Å². The third kappa shape index (κ3) is 5.76. The SMILES string of the molecule is Cc1cccc(OCCCn2c(CNC(=O)CCc3ccccc3)nc3ccccc32)c1. The van der Waals surface area contributed by atoms with Crippen LogP contribution in [0.2, 0.25) is 0 Å².